The molecule has 4 heteroatoms. The van der Waals surface area contributed by atoms with Crippen LogP contribution in [0.1, 0.15) is 24.8 Å². The highest BCUT2D eigenvalue weighted by Crippen LogP contribution is 2.38. The van der Waals surface area contributed by atoms with Gasteiger partial charge in [0.05, 0.1) is 18.2 Å². The molecule has 3 rings (SSSR count). The highest BCUT2D eigenvalue weighted by molar-refractivity contribution is 6.32. The van der Waals surface area contributed by atoms with Crippen LogP contribution in [0.3, 0.4) is 0 Å². The van der Waals surface area contributed by atoms with Crippen LogP contribution < -0.4 is 14.8 Å². The van der Waals surface area contributed by atoms with Crippen LogP contribution in [-0.4, -0.2) is 26.3 Å². The van der Waals surface area contributed by atoms with Gasteiger partial charge in [-0.1, -0.05) is 11.6 Å². The van der Waals surface area contributed by atoms with Crippen LogP contribution in [0.15, 0.2) is 12.1 Å². The molecule has 1 aromatic rings. The molecule has 2 heterocycles. The summed E-state index contributed by atoms with van der Waals surface area (Å²) in [5.74, 6) is 2.23. The van der Waals surface area contributed by atoms with Crippen molar-refractivity contribution in [2.45, 2.75) is 25.7 Å². The van der Waals surface area contributed by atoms with Gasteiger partial charge in [-0.15, -0.1) is 0 Å². The zero-order chi connectivity index (χ0) is 13.1. The standard InChI is InChI=1S/C15H20ClNO2/c16-13-8-12(7-11-3-1-4-17-10-11)9-14-15(13)19-6-2-5-18-14/h8-9,11,17H,1-7,10H2. The number of hydrogen-bond donors (Lipinski definition) is 1. The van der Waals surface area contributed by atoms with Crippen LogP contribution in [0.4, 0.5) is 0 Å². The molecule has 1 N–H and O–H groups in total. The lowest BCUT2D eigenvalue weighted by molar-refractivity contribution is 0.297. The van der Waals surface area contributed by atoms with Gasteiger partial charge in [-0.25, -0.2) is 0 Å². The molecule has 0 aliphatic carbocycles. The van der Waals surface area contributed by atoms with E-state index in [0.717, 1.165) is 31.7 Å². The summed E-state index contributed by atoms with van der Waals surface area (Å²) in [4.78, 5) is 0. The summed E-state index contributed by atoms with van der Waals surface area (Å²) in [7, 11) is 0. The molecule has 2 aliphatic heterocycles. The monoisotopic (exact) mass is 281 g/mol. The minimum absolute atomic E-state index is 0.679. The van der Waals surface area contributed by atoms with Crippen molar-refractivity contribution >= 4 is 11.6 Å². The van der Waals surface area contributed by atoms with Gasteiger partial charge < -0.3 is 14.8 Å². The van der Waals surface area contributed by atoms with Crippen molar-refractivity contribution in [1.82, 2.24) is 5.32 Å². The fraction of sp³-hybridized carbons (Fsp3) is 0.600. The molecule has 0 radical (unpaired) electrons. The molecule has 1 unspecified atom stereocenters. The number of fused-ring (bicyclic) bond motifs is 1. The van der Waals surface area contributed by atoms with Crippen molar-refractivity contribution in [3.63, 3.8) is 0 Å². The van der Waals surface area contributed by atoms with Gasteiger partial charge in [-0.2, -0.15) is 0 Å². The van der Waals surface area contributed by atoms with E-state index in [1.807, 2.05) is 6.07 Å². The van der Waals surface area contributed by atoms with Gasteiger partial charge >= 0.3 is 0 Å². The summed E-state index contributed by atoms with van der Waals surface area (Å²) in [6, 6.07) is 4.13. The molecular formula is C15H20ClNO2. The Balaban J connectivity index is 1.78. The molecular weight excluding hydrogens is 262 g/mol. The average Bonchev–Trinajstić information content (AvgIpc) is 2.65. The van der Waals surface area contributed by atoms with Gasteiger partial charge in [0.1, 0.15) is 0 Å². The number of benzene rings is 1. The fourth-order valence-electron chi connectivity index (χ4n) is 2.83. The summed E-state index contributed by atoms with van der Waals surface area (Å²) in [5.41, 5.74) is 1.25. The van der Waals surface area contributed by atoms with E-state index < -0.39 is 0 Å². The number of hydrogen-bond acceptors (Lipinski definition) is 3. The molecule has 0 spiro atoms. The second kappa shape index (κ2) is 6.02. The van der Waals surface area contributed by atoms with Crippen molar-refractivity contribution in [3.8, 4) is 11.5 Å². The van der Waals surface area contributed by atoms with Crippen LogP contribution in [-0.2, 0) is 6.42 Å². The van der Waals surface area contributed by atoms with Crippen LogP contribution in [0.25, 0.3) is 0 Å². The molecule has 0 amide bonds. The number of piperidine rings is 1. The Bertz CT molecular complexity index is 444. The van der Waals surface area contributed by atoms with Crippen molar-refractivity contribution in [2.24, 2.45) is 5.92 Å². The maximum atomic E-state index is 6.32. The van der Waals surface area contributed by atoms with Crippen molar-refractivity contribution in [1.29, 1.82) is 0 Å². The van der Waals surface area contributed by atoms with E-state index in [2.05, 4.69) is 11.4 Å². The van der Waals surface area contributed by atoms with Crippen molar-refractivity contribution in [3.05, 3.63) is 22.7 Å². The Morgan fingerprint density at radius 3 is 2.95 bits per heavy atom. The van der Waals surface area contributed by atoms with E-state index in [-0.39, 0.29) is 0 Å². The minimum Gasteiger partial charge on any atom is -0.489 e. The summed E-state index contributed by atoms with van der Waals surface area (Å²) >= 11 is 6.32. The van der Waals surface area contributed by atoms with E-state index in [0.29, 0.717) is 29.9 Å². The summed E-state index contributed by atoms with van der Waals surface area (Å²) in [6.45, 7) is 3.64. The maximum absolute atomic E-state index is 6.32. The second-order valence-corrected chi connectivity index (χ2v) is 5.78. The van der Waals surface area contributed by atoms with Gasteiger partial charge in [-0.3, -0.25) is 0 Å². The summed E-state index contributed by atoms with van der Waals surface area (Å²) in [6.07, 6.45) is 4.53. The highest BCUT2D eigenvalue weighted by Gasteiger charge is 2.18. The first kappa shape index (κ1) is 13.1. The Labute approximate surface area is 119 Å². The van der Waals surface area contributed by atoms with Gasteiger partial charge in [-0.05, 0) is 56.0 Å². The van der Waals surface area contributed by atoms with Crippen LogP contribution in [0, 0.1) is 5.92 Å². The molecule has 104 valence electrons. The number of nitrogens with one attached hydrogen (secondary N) is 1. The summed E-state index contributed by atoms with van der Waals surface area (Å²) < 4.78 is 11.4. The smallest absolute Gasteiger partial charge is 0.179 e. The third kappa shape index (κ3) is 3.15. The number of halogens is 1. The molecule has 1 aromatic carbocycles. The van der Waals surface area contributed by atoms with Crippen molar-refractivity contribution in [2.75, 3.05) is 26.3 Å². The molecule has 2 aliphatic rings. The second-order valence-electron chi connectivity index (χ2n) is 5.37. The largest absolute Gasteiger partial charge is 0.489 e. The summed E-state index contributed by atoms with van der Waals surface area (Å²) in [5, 5.41) is 4.13. The first-order chi connectivity index (χ1) is 9.33. The maximum Gasteiger partial charge on any atom is 0.179 e. The lowest BCUT2D eigenvalue weighted by atomic mass is 9.92. The van der Waals surface area contributed by atoms with Gasteiger partial charge in [0.2, 0.25) is 0 Å². The quantitative estimate of drug-likeness (QED) is 0.904. The normalized spacial score (nSPS) is 22.9. The molecule has 19 heavy (non-hydrogen) atoms. The molecule has 1 fully saturated rings. The average molecular weight is 282 g/mol. The van der Waals surface area contributed by atoms with E-state index >= 15 is 0 Å². The van der Waals surface area contributed by atoms with E-state index in [4.69, 9.17) is 21.1 Å². The van der Waals surface area contributed by atoms with E-state index in [1.165, 1.54) is 18.4 Å². The Hall–Kier alpha value is -0.930. The first-order valence-corrected chi connectivity index (χ1v) is 7.49. The Morgan fingerprint density at radius 2 is 2.11 bits per heavy atom. The highest BCUT2D eigenvalue weighted by atomic mass is 35.5. The third-order valence-electron chi connectivity index (χ3n) is 3.79. The van der Waals surface area contributed by atoms with Gasteiger partial charge in [0.25, 0.3) is 0 Å². The predicted octanol–water partition coefficient (Wildman–Crippen LogP) is 3.04. The Morgan fingerprint density at radius 1 is 1.21 bits per heavy atom. The Kier molecular flexibility index (Phi) is 4.14. The minimum atomic E-state index is 0.679. The van der Waals surface area contributed by atoms with E-state index in [1.54, 1.807) is 0 Å². The first-order valence-electron chi connectivity index (χ1n) is 7.11. The van der Waals surface area contributed by atoms with E-state index in [9.17, 15) is 0 Å². The molecule has 1 atom stereocenters. The lowest BCUT2D eigenvalue weighted by Gasteiger charge is -2.23. The zero-order valence-corrected chi connectivity index (χ0v) is 11.8. The van der Waals surface area contributed by atoms with Crippen LogP contribution in [0.2, 0.25) is 5.02 Å². The molecule has 0 bridgehead atoms. The lowest BCUT2D eigenvalue weighted by Crippen LogP contribution is -2.30. The zero-order valence-electron chi connectivity index (χ0n) is 11.1. The predicted molar refractivity (Wildman–Crippen MR) is 76.4 cm³/mol. The van der Waals surface area contributed by atoms with Gasteiger partial charge in [0.15, 0.2) is 11.5 Å². The molecule has 1 saturated heterocycles. The third-order valence-corrected chi connectivity index (χ3v) is 4.07. The molecule has 0 aromatic heterocycles. The molecule has 0 saturated carbocycles. The van der Waals surface area contributed by atoms with Crippen molar-refractivity contribution < 1.29 is 9.47 Å². The topological polar surface area (TPSA) is 30.5 Å². The SMILES string of the molecule is Clc1cc(CC2CCCNC2)cc2c1OCCCO2. The van der Waals surface area contributed by atoms with Crippen LogP contribution in [0.5, 0.6) is 11.5 Å². The van der Waals surface area contributed by atoms with Crippen LogP contribution >= 0.6 is 11.6 Å². The number of ether oxygens (including phenoxy) is 2. The fourth-order valence-corrected chi connectivity index (χ4v) is 3.12. The van der Waals surface area contributed by atoms with Gasteiger partial charge in [0, 0.05) is 6.42 Å². The molecule has 3 nitrogen and oxygen atoms in total. The number of rotatable bonds is 2.